The average molecular weight is 328 g/mol. The molecule has 0 N–H and O–H groups in total. The van der Waals surface area contributed by atoms with Gasteiger partial charge in [0, 0.05) is 18.3 Å². The van der Waals surface area contributed by atoms with E-state index in [0.717, 1.165) is 0 Å². The molecule has 0 heterocycles. The van der Waals surface area contributed by atoms with E-state index in [9.17, 15) is 14.0 Å². The summed E-state index contributed by atoms with van der Waals surface area (Å²) in [6.07, 6.45) is 0.114. The zero-order chi connectivity index (χ0) is 17.7. The van der Waals surface area contributed by atoms with Crippen molar-refractivity contribution in [2.24, 2.45) is 5.92 Å². The molecule has 24 heavy (non-hydrogen) atoms. The number of benzene rings is 2. The monoisotopic (exact) mass is 328 g/mol. The Morgan fingerprint density at radius 1 is 1.08 bits per heavy atom. The van der Waals surface area contributed by atoms with Crippen LogP contribution in [0, 0.1) is 11.7 Å². The van der Waals surface area contributed by atoms with E-state index in [2.05, 4.69) is 0 Å². The number of ether oxygens (including phenoxy) is 1. The predicted octanol–water partition coefficient (Wildman–Crippen LogP) is 4.91. The van der Waals surface area contributed by atoms with Crippen molar-refractivity contribution >= 4 is 11.6 Å². The smallest absolute Gasteiger partial charge is 0.165 e. The minimum absolute atomic E-state index is 0.00468. The van der Waals surface area contributed by atoms with Crippen LogP contribution in [0.4, 0.5) is 4.39 Å². The highest BCUT2D eigenvalue weighted by molar-refractivity contribution is 5.91. The summed E-state index contributed by atoms with van der Waals surface area (Å²) in [6.45, 7) is 5.04. The van der Waals surface area contributed by atoms with Crippen LogP contribution in [0.15, 0.2) is 48.5 Å². The topological polar surface area (TPSA) is 43.4 Å². The first-order chi connectivity index (χ1) is 11.4. The summed E-state index contributed by atoms with van der Waals surface area (Å²) in [5, 5.41) is 0. The van der Waals surface area contributed by atoms with Crippen molar-refractivity contribution in [3.05, 3.63) is 59.9 Å². The van der Waals surface area contributed by atoms with Crippen LogP contribution >= 0.6 is 0 Å². The molecule has 1 atom stereocenters. The van der Waals surface area contributed by atoms with Gasteiger partial charge in [-0.2, -0.15) is 0 Å². The van der Waals surface area contributed by atoms with Crippen molar-refractivity contribution < 1.29 is 18.7 Å². The number of hydrogen-bond donors (Lipinski definition) is 0. The molecule has 2 aromatic carbocycles. The number of carbonyl (C=O) groups is 2. The van der Waals surface area contributed by atoms with Gasteiger partial charge < -0.3 is 4.74 Å². The van der Waals surface area contributed by atoms with Gasteiger partial charge in [-0.3, -0.25) is 9.59 Å². The van der Waals surface area contributed by atoms with Crippen molar-refractivity contribution in [2.45, 2.75) is 33.1 Å². The van der Waals surface area contributed by atoms with Crippen LogP contribution in [0.25, 0.3) is 0 Å². The number of ketones is 2. The van der Waals surface area contributed by atoms with E-state index >= 15 is 0 Å². The van der Waals surface area contributed by atoms with E-state index in [1.165, 1.54) is 25.1 Å². The maximum absolute atomic E-state index is 14.0. The second-order valence-corrected chi connectivity index (χ2v) is 6.09. The van der Waals surface area contributed by atoms with Gasteiger partial charge in [-0.15, -0.1) is 0 Å². The Kier molecular flexibility index (Phi) is 5.85. The summed E-state index contributed by atoms with van der Waals surface area (Å²) in [5.41, 5.74) is 0.587. The van der Waals surface area contributed by atoms with Crippen molar-refractivity contribution in [2.75, 3.05) is 0 Å². The lowest BCUT2D eigenvalue weighted by atomic mass is 9.87. The third-order valence-corrected chi connectivity index (χ3v) is 3.87. The van der Waals surface area contributed by atoms with E-state index in [0.29, 0.717) is 11.3 Å². The second-order valence-electron chi connectivity index (χ2n) is 6.09. The van der Waals surface area contributed by atoms with Gasteiger partial charge in [0.2, 0.25) is 0 Å². The summed E-state index contributed by atoms with van der Waals surface area (Å²) in [4.78, 5) is 24.0. The molecule has 2 aromatic rings. The molecule has 0 aliphatic carbocycles. The highest BCUT2D eigenvalue weighted by Crippen LogP contribution is 2.30. The number of halogens is 1. The van der Waals surface area contributed by atoms with Crippen molar-refractivity contribution in [3.63, 3.8) is 0 Å². The Hall–Kier alpha value is -2.49. The Morgan fingerprint density at radius 2 is 1.75 bits per heavy atom. The Balaban J connectivity index is 2.30. The van der Waals surface area contributed by atoms with Crippen molar-refractivity contribution in [1.82, 2.24) is 0 Å². The van der Waals surface area contributed by atoms with Crippen LogP contribution in [0.3, 0.4) is 0 Å². The normalized spacial score (nSPS) is 12.0. The molecule has 0 radical (unpaired) electrons. The molecule has 0 aliphatic heterocycles. The molecule has 0 bridgehead atoms. The van der Waals surface area contributed by atoms with Crippen LogP contribution in [0.1, 0.15) is 38.7 Å². The molecule has 0 saturated carbocycles. The summed E-state index contributed by atoms with van der Waals surface area (Å²) in [7, 11) is 0. The van der Waals surface area contributed by atoms with E-state index in [1.807, 2.05) is 6.07 Å². The molecule has 1 unspecified atom stereocenters. The van der Waals surface area contributed by atoms with Gasteiger partial charge in [0.25, 0.3) is 0 Å². The number of carbonyl (C=O) groups excluding carboxylic acids is 2. The molecular weight excluding hydrogens is 307 g/mol. The number of para-hydroxylation sites is 1. The average Bonchev–Trinajstić information content (AvgIpc) is 2.55. The molecule has 3 nitrogen and oxygen atoms in total. The van der Waals surface area contributed by atoms with Crippen LogP contribution in [0.2, 0.25) is 0 Å². The van der Waals surface area contributed by atoms with Gasteiger partial charge in [-0.1, -0.05) is 38.1 Å². The van der Waals surface area contributed by atoms with E-state index in [1.54, 1.807) is 38.1 Å². The molecule has 0 fully saturated rings. The van der Waals surface area contributed by atoms with Gasteiger partial charge in [0.05, 0.1) is 0 Å². The molecule has 0 amide bonds. The lowest BCUT2D eigenvalue weighted by molar-refractivity contribution is -0.126. The highest BCUT2D eigenvalue weighted by atomic mass is 19.1. The molecule has 126 valence electrons. The quantitative estimate of drug-likeness (QED) is 0.725. The summed E-state index contributed by atoms with van der Waals surface area (Å²) in [6, 6.07) is 13.2. The van der Waals surface area contributed by atoms with E-state index in [-0.39, 0.29) is 29.7 Å². The summed E-state index contributed by atoms with van der Waals surface area (Å²) < 4.78 is 19.6. The SMILES string of the molecule is CC(=O)C(CC(=O)C(C)C)c1ccc(F)c(Oc2ccccc2)c1. The van der Waals surface area contributed by atoms with Crippen LogP contribution in [-0.4, -0.2) is 11.6 Å². The standard InChI is InChI=1S/C20H21FO3/c1-13(2)19(23)12-17(14(3)22)15-9-10-18(21)20(11-15)24-16-7-5-4-6-8-16/h4-11,13,17H,12H2,1-3H3. The number of rotatable bonds is 7. The number of hydrogen-bond acceptors (Lipinski definition) is 3. The number of Topliss-reactive ketones (excluding diaryl/α,β-unsaturated/α-hetero) is 2. The zero-order valence-corrected chi connectivity index (χ0v) is 14.1. The fourth-order valence-corrected chi connectivity index (χ4v) is 2.36. The van der Waals surface area contributed by atoms with Gasteiger partial charge in [0.15, 0.2) is 11.6 Å². The first-order valence-electron chi connectivity index (χ1n) is 7.94. The van der Waals surface area contributed by atoms with Crippen LogP contribution in [-0.2, 0) is 9.59 Å². The van der Waals surface area contributed by atoms with Gasteiger partial charge >= 0.3 is 0 Å². The Morgan fingerprint density at radius 3 is 2.33 bits per heavy atom. The predicted molar refractivity (Wildman–Crippen MR) is 90.8 cm³/mol. The second kappa shape index (κ2) is 7.86. The van der Waals surface area contributed by atoms with Gasteiger partial charge in [-0.05, 0) is 36.8 Å². The van der Waals surface area contributed by atoms with Crippen molar-refractivity contribution in [3.8, 4) is 11.5 Å². The molecule has 0 spiro atoms. The lowest BCUT2D eigenvalue weighted by Gasteiger charge is -2.16. The van der Waals surface area contributed by atoms with Crippen LogP contribution < -0.4 is 4.74 Å². The van der Waals surface area contributed by atoms with Crippen LogP contribution in [0.5, 0.6) is 11.5 Å². The molecule has 0 saturated heterocycles. The minimum atomic E-state index is -0.585. The lowest BCUT2D eigenvalue weighted by Crippen LogP contribution is -2.17. The molecule has 0 aromatic heterocycles. The van der Waals surface area contributed by atoms with Crippen molar-refractivity contribution in [1.29, 1.82) is 0 Å². The minimum Gasteiger partial charge on any atom is -0.454 e. The molecule has 4 heteroatoms. The third kappa shape index (κ3) is 4.51. The first-order valence-corrected chi connectivity index (χ1v) is 7.94. The van der Waals surface area contributed by atoms with E-state index < -0.39 is 11.7 Å². The zero-order valence-electron chi connectivity index (χ0n) is 14.1. The van der Waals surface area contributed by atoms with Gasteiger partial charge in [-0.25, -0.2) is 4.39 Å². The Bertz CT molecular complexity index is 723. The van der Waals surface area contributed by atoms with E-state index in [4.69, 9.17) is 4.74 Å². The fraction of sp³-hybridized carbons (Fsp3) is 0.300. The third-order valence-electron chi connectivity index (χ3n) is 3.87. The highest BCUT2D eigenvalue weighted by Gasteiger charge is 2.23. The first kappa shape index (κ1) is 17.9. The molecule has 2 rings (SSSR count). The summed E-state index contributed by atoms with van der Waals surface area (Å²) in [5.74, 6) is -0.814. The molecular formula is C20H21FO3. The summed E-state index contributed by atoms with van der Waals surface area (Å²) >= 11 is 0. The maximum atomic E-state index is 14.0. The fourth-order valence-electron chi connectivity index (χ4n) is 2.36. The Labute approximate surface area is 141 Å². The maximum Gasteiger partial charge on any atom is 0.165 e. The van der Waals surface area contributed by atoms with Gasteiger partial charge in [0.1, 0.15) is 17.3 Å². The largest absolute Gasteiger partial charge is 0.454 e. The molecule has 0 aliphatic rings.